The summed E-state index contributed by atoms with van der Waals surface area (Å²) in [7, 11) is 3.18. The van der Waals surface area contributed by atoms with E-state index in [0.29, 0.717) is 17.2 Å². The molecular weight excluding hydrogens is 354 g/mol. The molecule has 28 heavy (non-hydrogen) atoms. The molecule has 0 saturated heterocycles. The maximum Gasteiger partial charge on any atom is 0.274 e. The molecule has 6 heteroatoms. The molecule has 1 heterocycles. The van der Waals surface area contributed by atoms with Crippen LogP contribution in [-0.4, -0.2) is 25.1 Å². The number of pyridine rings is 1. The van der Waals surface area contributed by atoms with Gasteiger partial charge in [-0.25, -0.2) is 0 Å². The zero-order valence-corrected chi connectivity index (χ0v) is 16.4. The zero-order valence-electron chi connectivity index (χ0n) is 16.4. The Labute approximate surface area is 164 Å². The number of carbonyl (C=O) groups excluding carboxylic acids is 1. The van der Waals surface area contributed by atoms with Crippen LogP contribution in [0.2, 0.25) is 0 Å². The van der Waals surface area contributed by atoms with Crippen LogP contribution in [0, 0.1) is 13.8 Å². The van der Waals surface area contributed by atoms with Gasteiger partial charge in [-0.3, -0.25) is 9.78 Å². The van der Waals surface area contributed by atoms with Gasteiger partial charge in [0.2, 0.25) is 0 Å². The lowest BCUT2D eigenvalue weighted by atomic mass is 10.1. The normalized spacial score (nSPS) is 10.3. The Morgan fingerprint density at radius 2 is 1.50 bits per heavy atom. The van der Waals surface area contributed by atoms with E-state index < -0.39 is 0 Å². The Morgan fingerprint density at radius 3 is 2.18 bits per heavy atom. The molecule has 2 aromatic carbocycles. The molecule has 3 aromatic rings. The van der Waals surface area contributed by atoms with Crippen LogP contribution in [0.25, 0.3) is 0 Å². The highest BCUT2D eigenvalue weighted by Gasteiger charge is 2.10. The largest absolute Gasteiger partial charge is 0.493 e. The van der Waals surface area contributed by atoms with Gasteiger partial charge in [-0.05, 0) is 61.4 Å². The van der Waals surface area contributed by atoms with Crippen molar-refractivity contribution >= 4 is 23.0 Å². The van der Waals surface area contributed by atoms with Crippen molar-refractivity contribution in [1.29, 1.82) is 0 Å². The third kappa shape index (κ3) is 4.59. The van der Waals surface area contributed by atoms with Crippen molar-refractivity contribution in [2.24, 2.45) is 0 Å². The molecule has 0 aliphatic carbocycles. The molecule has 3 rings (SSSR count). The topological polar surface area (TPSA) is 72.5 Å². The minimum atomic E-state index is -0.263. The first-order valence-corrected chi connectivity index (χ1v) is 8.83. The van der Waals surface area contributed by atoms with E-state index in [1.165, 1.54) is 0 Å². The molecule has 0 spiro atoms. The molecule has 1 amide bonds. The lowest BCUT2D eigenvalue weighted by Gasteiger charge is -2.12. The molecule has 144 valence electrons. The summed E-state index contributed by atoms with van der Waals surface area (Å²) in [5.74, 6) is 1.01. The van der Waals surface area contributed by atoms with Crippen molar-refractivity contribution < 1.29 is 14.3 Å². The van der Waals surface area contributed by atoms with Gasteiger partial charge in [0.05, 0.1) is 14.2 Å². The highest BCUT2D eigenvalue weighted by Crippen LogP contribution is 2.31. The lowest BCUT2D eigenvalue weighted by molar-refractivity contribution is 0.102. The summed E-state index contributed by atoms with van der Waals surface area (Å²) < 4.78 is 10.6. The summed E-state index contributed by atoms with van der Waals surface area (Å²) in [6.45, 7) is 3.99. The Bertz CT molecular complexity index is 982. The maximum atomic E-state index is 12.6. The van der Waals surface area contributed by atoms with Crippen LogP contribution in [0.3, 0.4) is 0 Å². The number of methoxy groups -OCH3 is 2. The van der Waals surface area contributed by atoms with Gasteiger partial charge < -0.3 is 20.1 Å². The van der Waals surface area contributed by atoms with Crippen LogP contribution >= 0.6 is 0 Å². The number of amides is 1. The summed E-state index contributed by atoms with van der Waals surface area (Å²) in [6, 6.07) is 14.9. The average molecular weight is 377 g/mol. The van der Waals surface area contributed by atoms with E-state index in [4.69, 9.17) is 9.47 Å². The summed E-state index contributed by atoms with van der Waals surface area (Å²) in [6.07, 6.45) is 1.60. The number of nitrogens with one attached hydrogen (secondary N) is 2. The van der Waals surface area contributed by atoms with Crippen LogP contribution in [0.15, 0.2) is 54.7 Å². The molecule has 0 fully saturated rings. The van der Waals surface area contributed by atoms with E-state index in [2.05, 4.69) is 21.7 Å². The monoisotopic (exact) mass is 377 g/mol. The molecule has 0 saturated carbocycles. The van der Waals surface area contributed by atoms with E-state index in [-0.39, 0.29) is 5.91 Å². The number of nitrogens with zero attached hydrogens (tertiary/aromatic N) is 1. The summed E-state index contributed by atoms with van der Waals surface area (Å²) in [5, 5.41) is 6.15. The second-order valence-corrected chi connectivity index (χ2v) is 6.46. The van der Waals surface area contributed by atoms with E-state index in [9.17, 15) is 4.79 Å². The predicted octanol–water partition coefficient (Wildman–Crippen LogP) is 4.71. The number of carbonyl (C=O) groups is 1. The number of anilines is 3. The van der Waals surface area contributed by atoms with E-state index in [1.807, 2.05) is 44.2 Å². The lowest BCUT2D eigenvalue weighted by Crippen LogP contribution is -2.14. The van der Waals surface area contributed by atoms with Crippen LogP contribution in [0.5, 0.6) is 11.5 Å². The van der Waals surface area contributed by atoms with Gasteiger partial charge in [0.25, 0.3) is 5.91 Å². The van der Waals surface area contributed by atoms with Gasteiger partial charge in [-0.2, -0.15) is 0 Å². The van der Waals surface area contributed by atoms with Crippen molar-refractivity contribution in [2.45, 2.75) is 13.8 Å². The molecule has 0 unspecified atom stereocenters. The number of aryl methyl sites for hydroxylation is 2. The van der Waals surface area contributed by atoms with Gasteiger partial charge in [0.1, 0.15) is 5.69 Å². The average Bonchev–Trinajstić information content (AvgIpc) is 2.67. The van der Waals surface area contributed by atoms with Crippen molar-refractivity contribution in [1.82, 2.24) is 4.98 Å². The number of ether oxygens (including phenoxy) is 2. The van der Waals surface area contributed by atoms with E-state index >= 15 is 0 Å². The maximum absolute atomic E-state index is 12.6. The minimum Gasteiger partial charge on any atom is -0.493 e. The second-order valence-electron chi connectivity index (χ2n) is 6.46. The van der Waals surface area contributed by atoms with E-state index in [0.717, 1.165) is 28.2 Å². The SMILES string of the molecule is COc1ccc(Nc2ccnc(C(=O)Nc3cc(C)cc(C)c3)c2)cc1OC. The Kier molecular flexibility index (Phi) is 5.79. The van der Waals surface area contributed by atoms with Gasteiger partial charge in [0, 0.05) is 29.3 Å². The molecule has 1 aromatic heterocycles. The number of hydrogen-bond donors (Lipinski definition) is 2. The van der Waals surface area contributed by atoms with Crippen molar-refractivity contribution in [2.75, 3.05) is 24.9 Å². The molecule has 0 aliphatic rings. The number of benzene rings is 2. The molecule has 0 aliphatic heterocycles. The van der Waals surface area contributed by atoms with E-state index in [1.54, 1.807) is 32.5 Å². The third-order valence-corrected chi connectivity index (χ3v) is 4.14. The predicted molar refractivity (Wildman–Crippen MR) is 111 cm³/mol. The first kappa shape index (κ1) is 19.2. The van der Waals surface area contributed by atoms with Crippen LogP contribution in [0.1, 0.15) is 21.6 Å². The van der Waals surface area contributed by atoms with Crippen LogP contribution < -0.4 is 20.1 Å². The number of hydrogen-bond acceptors (Lipinski definition) is 5. The first-order valence-electron chi connectivity index (χ1n) is 8.83. The summed E-state index contributed by atoms with van der Waals surface area (Å²) >= 11 is 0. The van der Waals surface area contributed by atoms with Gasteiger partial charge >= 0.3 is 0 Å². The molecular formula is C22H23N3O3. The third-order valence-electron chi connectivity index (χ3n) is 4.14. The molecule has 0 atom stereocenters. The molecule has 0 radical (unpaired) electrons. The van der Waals surface area contributed by atoms with Crippen molar-refractivity contribution in [3.05, 3.63) is 71.5 Å². The van der Waals surface area contributed by atoms with Crippen molar-refractivity contribution in [3.63, 3.8) is 0 Å². The summed E-state index contributed by atoms with van der Waals surface area (Å²) in [5.41, 5.74) is 4.81. The smallest absolute Gasteiger partial charge is 0.274 e. The summed E-state index contributed by atoms with van der Waals surface area (Å²) in [4.78, 5) is 16.8. The standard InChI is InChI=1S/C22H23N3O3/c1-14-9-15(2)11-18(10-14)25-22(26)19-12-17(7-8-23-19)24-16-5-6-20(27-3)21(13-16)28-4/h5-13H,1-4H3,(H,23,24)(H,25,26). The van der Waals surface area contributed by atoms with Crippen LogP contribution in [0.4, 0.5) is 17.1 Å². The number of rotatable bonds is 6. The Hall–Kier alpha value is -3.54. The Morgan fingerprint density at radius 1 is 0.821 bits per heavy atom. The van der Waals surface area contributed by atoms with Crippen LogP contribution in [-0.2, 0) is 0 Å². The second kappa shape index (κ2) is 8.43. The number of aromatic nitrogens is 1. The fraction of sp³-hybridized carbons (Fsp3) is 0.182. The van der Waals surface area contributed by atoms with Crippen molar-refractivity contribution in [3.8, 4) is 11.5 Å². The quantitative estimate of drug-likeness (QED) is 0.651. The first-order chi connectivity index (χ1) is 13.5. The zero-order chi connectivity index (χ0) is 20.1. The highest BCUT2D eigenvalue weighted by molar-refractivity contribution is 6.03. The van der Waals surface area contributed by atoms with Gasteiger partial charge in [-0.15, -0.1) is 0 Å². The molecule has 2 N–H and O–H groups in total. The fourth-order valence-electron chi connectivity index (χ4n) is 2.96. The van der Waals surface area contributed by atoms with Gasteiger partial charge in [-0.1, -0.05) is 6.07 Å². The Balaban J connectivity index is 1.77. The minimum absolute atomic E-state index is 0.263. The molecule has 6 nitrogen and oxygen atoms in total. The fourth-order valence-corrected chi connectivity index (χ4v) is 2.96. The highest BCUT2D eigenvalue weighted by atomic mass is 16.5. The van der Waals surface area contributed by atoms with Gasteiger partial charge in [0.15, 0.2) is 11.5 Å². The molecule has 0 bridgehead atoms.